The molecule has 0 amide bonds. The van der Waals surface area contributed by atoms with E-state index in [-0.39, 0.29) is 5.78 Å². The van der Waals surface area contributed by atoms with Crippen LogP contribution in [0.5, 0.6) is 0 Å². The van der Waals surface area contributed by atoms with Crippen molar-refractivity contribution in [3.05, 3.63) is 100 Å². The van der Waals surface area contributed by atoms with E-state index in [2.05, 4.69) is 10.6 Å². The van der Waals surface area contributed by atoms with Gasteiger partial charge in [-0.3, -0.25) is 4.79 Å². The van der Waals surface area contributed by atoms with Crippen LogP contribution in [0.1, 0.15) is 22.3 Å². The highest BCUT2D eigenvalue weighted by Gasteiger charge is 2.21. The Morgan fingerprint density at radius 2 is 1.32 bits per heavy atom. The second kappa shape index (κ2) is 9.27. The van der Waals surface area contributed by atoms with Crippen LogP contribution in [-0.2, 0) is 4.79 Å². The monoisotopic (exact) mass is 451 g/mol. The van der Waals surface area contributed by atoms with Crippen molar-refractivity contribution in [3.8, 4) is 0 Å². The van der Waals surface area contributed by atoms with E-state index < -0.39 is 0 Å². The summed E-state index contributed by atoms with van der Waals surface area (Å²) in [6.07, 6.45) is 3.36. The topological polar surface area (TPSA) is 106 Å². The van der Waals surface area contributed by atoms with Gasteiger partial charge < -0.3 is 22.1 Å². The summed E-state index contributed by atoms with van der Waals surface area (Å²) in [6, 6.07) is 17.2. The molecule has 0 saturated heterocycles. The summed E-state index contributed by atoms with van der Waals surface area (Å²) in [6.45, 7) is 7.92. The molecule has 0 aromatic heterocycles. The van der Waals surface area contributed by atoms with Crippen molar-refractivity contribution < 1.29 is 4.79 Å². The first-order valence-corrected chi connectivity index (χ1v) is 11.1. The summed E-state index contributed by atoms with van der Waals surface area (Å²) in [5.74, 6) is -0.142. The molecule has 6 nitrogen and oxygen atoms in total. The second-order valence-corrected chi connectivity index (χ2v) is 8.47. The lowest BCUT2D eigenvalue weighted by Gasteiger charge is -2.20. The van der Waals surface area contributed by atoms with Crippen LogP contribution in [0.3, 0.4) is 0 Å². The maximum atomic E-state index is 13.1. The molecule has 0 atom stereocenters. The van der Waals surface area contributed by atoms with E-state index in [9.17, 15) is 4.79 Å². The summed E-state index contributed by atoms with van der Waals surface area (Å²) in [5, 5.41) is 6.62. The van der Waals surface area contributed by atoms with Gasteiger partial charge in [-0.1, -0.05) is 18.2 Å². The number of hydrogen-bond donors (Lipinski definition) is 4. The standard InChI is InChI=1S/C28H29N5O/c1-16-18(3)23(12-10-21(16)29)32-25-14-27(33-24-13-11-22(30)17(2)19(24)4)28(34)15-26(25)31-20-8-6-5-7-9-20/h5-15,31,33H,29-30H2,1-4H3/b32-25-. The Morgan fingerprint density at radius 1 is 0.676 bits per heavy atom. The van der Waals surface area contributed by atoms with Gasteiger partial charge in [0, 0.05) is 28.8 Å². The first-order valence-electron chi connectivity index (χ1n) is 11.1. The maximum absolute atomic E-state index is 13.1. The zero-order chi connectivity index (χ0) is 24.4. The minimum absolute atomic E-state index is 0.142. The third-order valence-corrected chi connectivity index (χ3v) is 6.29. The molecular formula is C28H29N5O. The van der Waals surface area contributed by atoms with Crippen molar-refractivity contribution in [1.29, 1.82) is 0 Å². The van der Waals surface area contributed by atoms with Gasteiger partial charge in [-0.15, -0.1) is 0 Å². The molecule has 0 heterocycles. The molecule has 6 N–H and O–H groups in total. The number of carbonyl (C=O) groups is 1. The Kier molecular flexibility index (Phi) is 6.23. The van der Waals surface area contributed by atoms with Gasteiger partial charge in [0.1, 0.15) is 0 Å². The second-order valence-electron chi connectivity index (χ2n) is 8.47. The Hall–Kier alpha value is -4.32. The Bertz CT molecular complexity index is 1370. The largest absolute Gasteiger partial charge is 0.399 e. The highest BCUT2D eigenvalue weighted by molar-refractivity contribution is 6.24. The molecule has 172 valence electrons. The fourth-order valence-electron chi connectivity index (χ4n) is 3.74. The molecular weight excluding hydrogens is 422 g/mol. The quantitative estimate of drug-likeness (QED) is 0.293. The minimum atomic E-state index is -0.142. The number of allylic oxidation sites excluding steroid dienone is 2. The number of anilines is 4. The van der Waals surface area contributed by atoms with Crippen LogP contribution in [-0.4, -0.2) is 11.5 Å². The Morgan fingerprint density at radius 3 is 2.03 bits per heavy atom. The van der Waals surface area contributed by atoms with Gasteiger partial charge in [-0.2, -0.15) is 0 Å². The van der Waals surface area contributed by atoms with E-state index in [0.29, 0.717) is 17.1 Å². The number of ketones is 1. The third-order valence-electron chi connectivity index (χ3n) is 6.29. The number of benzene rings is 3. The van der Waals surface area contributed by atoms with Crippen molar-refractivity contribution in [1.82, 2.24) is 0 Å². The van der Waals surface area contributed by atoms with E-state index in [1.165, 1.54) is 0 Å². The van der Waals surface area contributed by atoms with Gasteiger partial charge in [0.15, 0.2) is 0 Å². The molecule has 3 aromatic carbocycles. The number of hydrogen-bond acceptors (Lipinski definition) is 6. The fourth-order valence-corrected chi connectivity index (χ4v) is 3.74. The zero-order valence-electron chi connectivity index (χ0n) is 19.9. The van der Waals surface area contributed by atoms with Gasteiger partial charge >= 0.3 is 0 Å². The van der Waals surface area contributed by atoms with Crippen molar-refractivity contribution in [3.63, 3.8) is 0 Å². The minimum Gasteiger partial charge on any atom is -0.399 e. The van der Waals surface area contributed by atoms with Gasteiger partial charge in [-0.05, 0) is 92.4 Å². The SMILES string of the molecule is Cc1c(N)ccc(/N=C2/C=C(Nc3ccc(N)c(C)c3C)C(=O)C=C2Nc2ccccc2)c1C. The van der Waals surface area contributed by atoms with Crippen LogP contribution in [0.25, 0.3) is 0 Å². The zero-order valence-corrected chi connectivity index (χ0v) is 19.9. The number of aliphatic imine (C=N–C) groups is 1. The molecule has 0 aliphatic heterocycles. The fraction of sp³-hybridized carbons (Fsp3) is 0.143. The van der Waals surface area contributed by atoms with Crippen LogP contribution in [0.2, 0.25) is 0 Å². The van der Waals surface area contributed by atoms with Crippen molar-refractivity contribution in [2.75, 3.05) is 22.1 Å². The number of rotatable bonds is 5. The molecule has 6 heteroatoms. The lowest BCUT2D eigenvalue weighted by atomic mass is 10.0. The molecule has 0 unspecified atom stereocenters. The van der Waals surface area contributed by atoms with Crippen LogP contribution < -0.4 is 22.1 Å². The average molecular weight is 452 g/mol. The number of nitrogens with zero attached hydrogens (tertiary/aromatic N) is 1. The van der Waals surface area contributed by atoms with Gasteiger partial charge in [-0.25, -0.2) is 4.99 Å². The van der Waals surface area contributed by atoms with E-state index in [1.54, 1.807) is 12.2 Å². The highest BCUT2D eigenvalue weighted by atomic mass is 16.1. The summed E-state index contributed by atoms with van der Waals surface area (Å²) in [5.41, 5.74) is 21.7. The lowest BCUT2D eigenvalue weighted by Crippen LogP contribution is -2.22. The number of nitrogen functional groups attached to an aromatic ring is 2. The molecule has 0 saturated carbocycles. The molecule has 3 aromatic rings. The van der Waals surface area contributed by atoms with Crippen molar-refractivity contribution in [2.24, 2.45) is 4.99 Å². The molecule has 0 fully saturated rings. The molecule has 0 spiro atoms. The maximum Gasteiger partial charge on any atom is 0.204 e. The number of carbonyl (C=O) groups excluding carboxylic acids is 1. The predicted molar refractivity (Wildman–Crippen MR) is 143 cm³/mol. The number of nitrogens with one attached hydrogen (secondary N) is 2. The molecule has 34 heavy (non-hydrogen) atoms. The van der Waals surface area contributed by atoms with Crippen LogP contribution in [0, 0.1) is 27.7 Å². The van der Waals surface area contributed by atoms with Crippen LogP contribution >= 0.6 is 0 Å². The van der Waals surface area contributed by atoms with Crippen LogP contribution in [0.15, 0.2) is 83.1 Å². The summed E-state index contributed by atoms with van der Waals surface area (Å²) >= 11 is 0. The van der Waals surface area contributed by atoms with Crippen molar-refractivity contribution in [2.45, 2.75) is 27.7 Å². The first-order chi connectivity index (χ1) is 16.2. The molecule has 0 bridgehead atoms. The Balaban J connectivity index is 1.77. The van der Waals surface area contributed by atoms with Crippen LogP contribution in [0.4, 0.5) is 28.4 Å². The summed E-state index contributed by atoms with van der Waals surface area (Å²) < 4.78 is 0. The van der Waals surface area contributed by atoms with Gasteiger partial charge in [0.2, 0.25) is 5.78 Å². The third kappa shape index (κ3) is 4.57. The summed E-state index contributed by atoms with van der Waals surface area (Å²) in [4.78, 5) is 18.0. The smallest absolute Gasteiger partial charge is 0.204 e. The first kappa shape index (κ1) is 22.9. The molecule has 1 aliphatic rings. The van der Waals surface area contributed by atoms with E-state index in [4.69, 9.17) is 16.5 Å². The Labute approximate surface area is 200 Å². The molecule has 1 aliphatic carbocycles. The number of nitrogens with two attached hydrogens (primary N) is 2. The molecule has 0 radical (unpaired) electrons. The van der Waals surface area contributed by atoms with E-state index in [1.807, 2.05) is 82.3 Å². The summed E-state index contributed by atoms with van der Waals surface area (Å²) in [7, 11) is 0. The average Bonchev–Trinajstić information content (AvgIpc) is 2.83. The van der Waals surface area contributed by atoms with Gasteiger partial charge in [0.05, 0.1) is 22.8 Å². The van der Waals surface area contributed by atoms with E-state index in [0.717, 1.165) is 50.7 Å². The molecule has 4 rings (SSSR count). The van der Waals surface area contributed by atoms with Gasteiger partial charge in [0.25, 0.3) is 0 Å². The van der Waals surface area contributed by atoms with E-state index >= 15 is 0 Å². The highest BCUT2D eigenvalue weighted by Crippen LogP contribution is 2.29. The predicted octanol–water partition coefficient (Wildman–Crippen LogP) is 5.73. The lowest BCUT2D eigenvalue weighted by molar-refractivity contribution is -0.111. The number of para-hydroxylation sites is 1. The normalized spacial score (nSPS) is 14.6. The van der Waals surface area contributed by atoms with Crippen molar-refractivity contribution >= 4 is 39.9 Å².